The molecule has 1 aromatic carbocycles. The molecule has 3 heterocycles. The molecule has 0 spiro atoms. The number of ether oxygens (including phenoxy) is 2. The molecule has 1 saturated heterocycles. The molecule has 10 heteroatoms. The molecule has 0 saturated carbocycles. The third kappa shape index (κ3) is 5.57. The number of hydrogen-bond donors (Lipinski definition) is 0. The average molecular weight is 458 g/mol. The van der Waals surface area contributed by atoms with Crippen molar-refractivity contribution in [2.45, 2.75) is 23.1 Å². The number of aromatic nitrogens is 4. The second kappa shape index (κ2) is 10.2. The molecule has 8 nitrogen and oxygen atoms in total. The minimum atomic E-state index is -0.222. The Hall–Kier alpha value is -2.56. The van der Waals surface area contributed by atoms with Crippen molar-refractivity contribution in [3.05, 3.63) is 53.6 Å². The van der Waals surface area contributed by atoms with Crippen LogP contribution >= 0.6 is 23.5 Å². The van der Waals surface area contributed by atoms with Gasteiger partial charge in [0.15, 0.2) is 0 Å². The van der Waals surface area contributed by atoms with Crippen LogP contribution in [0.15, 0.2) is 57.9 Å². The van der Waals surface area contributed by atoms with Crippen molar-refractivity contribution in [3.63, 3.8) is 0 Å². The molecule has 1 aliphatic rings. The van der Waals surface area contributed by atoms with Crippen LogP contribution in [0.5, 0.6) is 5.88 Å². The van der Waals surface area contributed by atoms with E-state index in [1.807, 2.05) is 55.0 Å². The summed E-state index contributed by atoms with van der Waals surface area (Å²) in [5, 5.41) is 6.86. The summed E-state index contributed by atoms with van der Waals surface area (Å²) in [4.78, 5) is 24.2. The van der Waals surface area contributed by atoms with E-state index in [0.29, 0.717) is 43.1 Å². The molecule has 4 rings (SSSR count). The molecule has 162 valence electrons. The molecule has 1 unspecified atom stereocenters. The van der Waals surface area contributed by atoms with Crippen molar-refractivity contribution in [2.24, 2.45) is 0 Å². The molecule has 2 aromatic heterocycles. The van der Waals surface area contributed by atoms with E-state index in [1.165, 1.54) is 23.5 Å². The van der Waals surface area contributed by atoms with Crippen LogP contribution in [-0.2, 0) is 9.53 Å². The zero-order chi connectivity index (χ0) is 21.6. The highest BCUT2D eigenvalue weighted by Gasteiger charge is 2.24. The topological polar surface area (TPSA) is 81.9 Å². The maximum Gasteiger partial charge on any atom is 0.256 e. The van der Waals surface area contributed by atoms with E-state index in [4.69, 9.17) is 9.47 Å². The zero-order valence-corrected chi connectivity index (χ0v) is 18.9. The van der Waals surface area contributed by atoms with E-state index in [-0.39, 0.29) is 12.0 Å². The van der Waals surface area contributed by atoms with Gasteiger partial charge in [-0.3, -0.25) is 4.79 Å². The average Bonchev–Trinajstić information content (AvgIpc) is 3.21. The molecule has 1 amide bonds. The van der Waals surface area contributed by atoms with Gasteiger partial charge in [-0.15, -0.1) is 5.10 Å². The lowest BCUT2D eigenvalue weighted by atomic mass is 10.3. The van der Waals surface area contributed by atoms with Crippen molar-refractivity contribution in [3.8, 4) is 5.88 Å². The first-order valence-corrected chi connectivity index (χ1v) is 11.9. The van der Waals surface area contributed by atoms with Crippen LogP contribution in [0, 0.1) is 6.92 Å². The van der Waals surface area contributed by atoms with Crippen LogP contribution in [0.4, 0.5) is 0 Å². The number of carbonyl (C=O) groups is 1. The molecule has 1 aliphatic heterocycles. The van der Waals surface area contributed by atoms with E-state index in [1.54, 1.807) is 15.5 Å². The maximum absolute atomic E-state index is 12.6. The Bertz CT molecular complexity index is 1070. The summed E-state index contributed by atoms with van der Waals surface area (Å²) in [5.41, 5.74) is 0.796. The molecule has 3 aromatic rings. The predicted molar refractivity (Wildman–Crippen MR) is 121 cm³/mol. The monoisotopic (exact) mass is 457 g/mol. The molecular weight excluding hydrogens is 434 g/mol. The Morgan fingerprint density at radius 3 is 2.97 bits per heavy atom. The van der Waals surface area contributed by atoms with Crippen molar-refractivity contribution in [1.82, 2.24) is 24.5 Å². The van der Waals surface area contributed by atoms with Crippen molar-refractivity contribution < 1.29 is 14.3 Å². The van der Waals surface area contributed by atoms with E-state index in [2.05, 4.69) is 15.1 Å². The molecule has 0 N–H and O–H groups in total. The summed E-state index contributed by atoms with van der Waals surface area (Å²) in [6.07, 6.45) is 3.30. The van der Waals surface area contributed by atoms with Gasteiger partial charge >= 0.3 is 0 Å². The predicted octanol–water partition coefficient (Wildman–Crippen LogP) is 3.07. The second-order valence-corrected chi connectivity index (χ2v) is 8.62. The summed E-state index contributed by atoms with van der Waals surface area (Å²) < 4.78 is 13.4. The molecule has 31 heavy (non-hydrogen) atoms. The van der Waals surface area contributed by atoms with Gasteiger partial charge in [-0.05, 0) is 30.7 Å². The summed E-state index contributed by atoms with van der Waals surface area (Å²) in [6, 6.07) is 11.8. The zero-order valence-electron chi connectivity index (χ0n) is 17.3. The van der Waals surface area contributed by atoms with E-state index in [9.17, 15) is 4.79 Å². The fourth-order valence-corrected chi connectivity index (χ4v) is 4.09. The highest BCUT2D eigenvalue weighted by Crippen LogP contribution is 2.20. The molecular formula is C21H23N5O3S2. The fraction of sp³-hybridized carbons (Fsp3) is 0.333. The summed E-state index contributed by atoms with van der Waals surface area (Å²) >= 11 is 2.97. The van der Waals surface area contributed by atoms with E-state index < -0.39 is 0 Å². The highest BCUT2D eigenvalue weighted by molar-refractivity contribution is 8.02. The Balaban J connectivity index is 1.34. The van der Waals surface area contributed by atoms with Gasteiger partial charge in [-0.1, -0.05) is 41.7 Å². The Kier molecular flexibility index (Phi) is 7.10. The Labute approximate surface area is 189 Å². The van der Waals surface area contributed by atoms with Crippen molar-refractivity contribution in [1.29, 1.82) is 0 Å². The number of aryl methyl sites for hydroxylation is 1. The smallest absolute Gasteiger partial charge is 0.256 e. The number of benzene rings is 1. The van der Waals surface area contributed by atoms with Crippen LogP contribution in [0.1, 0.15) is 5.69 Å². The summed E-state index contributed by atoms with van der Waals surface area (Å²) in [5.74, 6) is 1.03. The first kappa shape index (κ1) is 21.7. The third-order valence-electron chi connectivity index (χ3n) is 4.60. The summed E-state index contributed by atoms with van der Waals surface area (Å²) in [6.45, 7) is 3.70. The number of carbonyl (C=O) groups excluding carboxylic acids is 1. The summed E-state index contributed by atoms with van der Waals surface area (Å²) in [7, 11) is 0. The highest BCUT2D eigenvalue weighted by atomic mass is 32.2. The van der Waals surface area contributed by atoms with Crippen LogP contribution in [0.25, 0.3) is 5.78 Å². The number of rotatable bonds is 7. The van der Waals surface area contributed by atoms with Crippen LogP contribution in [0.3, 0.4) is 0 Å². The molecule has 0 bridgehead atoms. The fourth-order valence-electron chi connectivity index (χ4n) is 3.10. The van der Waals surface area contributed by atoms with Crippen molar-refractivity contribution in [2.75, 3.05) is 32.6 Å². The number of fused-ring (bicyclic) bond motifs is 1. The first-order valence-electron chi connectivity index (χ1n) is 9.82. The van der Waals surface area contributed by atoms with E-state index in [0.717, 1.165) is 10.6 Å². The Morgan fingerprint density at radius 1 is 1.32 bits per heavy atom. The number of hydrogen-bond acceptors (Lipinski definition) is 8. The first-order chi connectivity index (χ1) is 15.1. The van der Waals surface area contributed by atoms with Crippen LogP contribution in [-0.4, -0.2) is 69.1 Å². The largest absolute Gasteiger partial charge is 0.475 e. The molecule has 1 atom stereocenters. The lowest BCUT2D eigenvalue weighted by Gasteiger charge is -2.32. The van der Waals surface area contributed by atoms with Gasteiger partial charge in [0.2, 0.25) is 16.9 Å². The van der Waals surface area contributed by atoms with Gasteiger partial charge in [-0.25, -0.2) is 4.98 Å². The molecule has 0 radical (unpaired) electrons. The number of thioether (sulfide) groups is 2. The van der Waals surface area contributed by atoms with E-state index >= 15 is 0 Å². The van der Waals surface area contributed by atoms with Gasteiger partial charge in [-0.2, -0.15) is 9.50 Å². The Morgan fingerprint density at radius 2 is 2.16 bits per heavy atom. The van der Waals surface area contributed by atoms with Crippen molar-refractivity contribution >= 4 is 35.2 Å². The molecule has 0 aliphatic carbocycles. The SMILES string of the molecule is CSc1nc2nc(C)cc(OCC3CN(C(=O)C=CSc4ccccc4)CCO3)n2n1. The second-order valence-electron chi connectivity index (χ2n) is 6.87. The van der Waals surface area contributed by atoms with Gasteiger partial charge in [0.05, 0.1) is 13.2 Å². The van der Waals surface area contributed by atoms with Gasteiger partial charge in [0, 0.05) is 29.3 Å². The number of nitrogens with zero attached hydrogens (tertiary/aromatic N) is 5. The third-order valence-corrected chi connectivity index (χ3v) is 5.95. The normalized spacial score (nSPS) is 16.8. The van der Waals surface area contributed by atoms with Gasteiger partial charge in [0.25, 0.3) is 5.78 Å². The minimum Gasteiger partial charge on any atom is -0.475 e. The van der Waals surface area contributed by atoms with Crippen LogP contribution in [0.2, 0.25) is 0 Å². The number of amides is 1. The van der Waals surface area contributed by atoms with Gasteiger partial charge < -0.3 is 14.4 Å². The van der Waals surface area contributed by atoms with Gasteiger partial charge in [0.1, 0.15) is 12.7 Å². The lowest BCUT2D eigenvalue weighted by molar-refractivity contribution is -0.134. The maximum atomic E-state index is 12.6. The minimum absolute atomic E-state index is 0.0280. The number of morpholine rings is 1. The van der Waals surface area contributed by atoms with Crippen LogP contribution < -0.4 is 4.74 Å². The molecule has 1 fully saturated rings. The standard InChI is InChI=1S/C21H23N5O3S2/c1-15-12-19(26-20(22-15)23-21(24-26)30-2)29-14-16-13-25(9-10-28-16)18(27)8-11-31-17-6-4-3-5-7-17/h3-8,11-12,16H,9-10,13-14H2,1-2H3. The lowest BCUT2D eigenvalue weighted by Crippen LogP contribution is -2.47. The quantitative estimate of drug-likeness (QED) is 0.396.